The standard InChI is InChI=1S/C15H20F3NO/c1-10-3-2-4-11(14(10)20)9-19-13-7-5-12(6-8-13)15(16,17)18/h2-4,12-13,19-20H,5-9H2,1H3. The highest BCUT2D eigenvalue weighted by Crippen LogP contribution is 2.37. The maximum absolute atomic E-state index is 12.6. The van der Waals surface area contributed by atoms with Crippen molar-refractivity contribution in [1.29, 1.82) is 0 Å². The first-order chi connectivity index (χ1) is 9.38. The van der Waals surface area contributed by atoms with Crippen molar-refractivity contribution in [1.82, 2.24) is 5.32 Å². The van der Waals surface area contributed by atoms with E-state index in [1.54, 1.807) is 0 Å². The Morgan fingerprint density at radius 2 is 1.85 bits per heavy atom. The second kappa shape index (κ2) is 6.04. The molecule has 20 heavy (non-hydrogen) atoms. The molecule has 0 heterocycles. The van der Waals surface area contributed by atoms with Gasteiger partial charge >= 0.3 is 6.18 Å². The number of aromatic hydroxyl groups is 1. The molecule has 1 aliphatic carbocycles. The van der Waals surface area contributed by atoms with Crippen LogP contribution in [0.1, 0.15) is 36.8 Å². The number of para-hydroxylation sites is 1. The van der Waals surface area contributed by atoms with Gasteiger partial charge in [0.15, 0.2) is 0 Å². The Bertz CT molecular complexity index is 451. The van der Waals surface area contributed by atoms with E-state index in [9.17, 15) is 18.3 Å². The molecule has 1 aromatic carbocycles. The molecule has 0 aliphatic heterocycles. The van der Waals surface area contributed by atoms with Gasteiger partial charge in [0.2, 0.25) is 0 Å². The van der Waals surface area contributed by atoms with Crippen molar-refractivity contribution in [3.8, 4) is 5.75 Å². The van der Waals surface area contributed by atoms with Crippen LogP contribution in [0.5, 0.6) is 5.75 Å². The van der Waals surface area contributed by atoms with Gasteiger partial charge in [-0.15, -0.1) is 0 Å². The lowest BCUT2D eigenvalue weighted by molar-refractivity contribution is -0.182. The number of phenolic OH excluding ortho intramolecular Hbond substituents is 1. The van der Waals surface area contributed by atoms with Crippen LogP contribution in [0.4, 0.5) is 13.2 Å². The molecule has 0 atom stereocenters. The molecule has 1 aliphatic rings. The molecule has 2 N–H and O–H groups in total. The molecule has 2 nitrogen and oxygen atoms in total. The van der Waals surface area contributed by atoms with Crippen molar-refractivity contribution in [3.63, 3.8) is 0 Å². The van der Waals surface area contributed by atoms with Crippen LogP contribution in [0.3, 0.4) is 0 Å². The van der Waals surface area contributed by atoms with Gasteiger partial charge in [0, 0.05) is 18.2 Å². The third kappa shape index (κ3) is 3.66. The summed E-state index contributed by atoms with van der Waals surface area (Å²) in [6.07, 6.45) is -2.59. The zero-order chi connectivity index (χ0) is 14.8. The van der Waals surface area contributed by atoms with Crippen LogP contribution in [0.25, 0.3) is 0 Å². The molecule has 0 unspecified atom stereocenters. The molecule has 1 saturated carbocycles. The van der Waals surface area contributed by atoms with Gasteiger partial charge in [-0.3, -0.25) is 0 Å². The van der Waals surface area contributed by atoms with Gasteiger partial charge in [-0.05, 0) is 38.2 Å². The summed E-state index contributed by atoms with van der Waals surface area (Å²) >= 11 is 0. The van der Waals surface area contributed by atoms with Crippen LogP contribution < -0.4 is 5.32 Å². The maximum atomic E-state index is 12.6. The summed E-state index contributed by atoms with van der Waals surface area (Å²) in [7, 11) is 0. The highest BCUT2D eigenvalue weighted by molar-refractivity contribution is 5.39. The third-order valence-electron chi connectivity index (χ3n) is 4.09. The molecule has 0 bridgehead atoms. The van der Waals surface area contributed by atoms with Crippen LogP contribution in [0, 0.1) is 12.8 Å². The molecule has 0 spiro atoms. The SMILES string of the molecule is Cc1cccc(CNC2CCC(C(F)(F)F)CC2)c1O. The molecule has 2 rings (SSSR count). The van der Waals surface area contributed by atoms with Gasteiger partial charge in [0.05, 0.1) is 5.92 Å². The number of benzene rings is 1. The number of alkyl halides is 3. The van der Waals surface area contributed by atoms with E-state index in [2.05, 4.69) is 5.32 Å². The average Bonchev–Trinajstić information content (AvgIpc) is 2.40. The van der Waals surface area contributed by atoms with Crippen molar-refractivity contribution in [2.45, 2.75) is 51.4 Å². The number of phenols is 1. The van der Waals surface area contributed by atoms with Crippen molar-refractivity contribution in [3.05, 3.63) is 29.3 Å². The van der Waals surface area contributed by atoms with Gasteiger partial charge in [0.25, 0.3) is 0 Å². The van der Waals surface area contributed by atoms with E-state index in [0.29, 0.717) is 19.4 Å². The Kier molecular flexibility index (Phi) is 4.58. The number of aryl methyl sites for hydroxylation is 1. The van der Waals surface area contributed by atoms with Crippen molar-refractivity contribution in [2.75, 3.05) is 0 Å². The summed E-state index contributed by atoms with van der Waals surface area (Å²) in [5.74, 6) is -0.878. The Morgan fingerprint density at radius 3 is 2.45 bits per heavy atom. The first kappa shape index (κ1) is 15.2. The molecule has 0 radical (unpaired) electrons. The monoisotopic (exact) mass is 287 g/mol. The predicted octanol–water partition coefficient (Wildman–Crippen LogP) is 3.91. The van der Waals surface area contributed by atoms with Crippen molar-refractivity contribution in [2.24, 2.45) is 5.92 Å². The lowest BCUT2D eigenvalue weighted by Crippen LogP contribution is -2.36. The van der Waals surface area contributed by atoms with E-state index in [1.807, 2.05) is 25.1 Å². The summed E-state index contributed by atoms with van der Waals surface area (Å²) < 4.78 is 37.7. The van der Waals surface area contributed by atoms with Gasteiger partial charge in [-0.2, -0.15) is 13.2 Å². The highest BCUT2D eigenvalue weighted by atomic mass is 19.4. The molecule has 1 fully saturated rings. The first-order valence-electron chi connectivity index (χ1n) is 6.95. The molecule has 0 aromatic heterocycles. The van der Waals surface area contributed by atoms with E-state index >= 15 is 0 Å². The second-order valence-electron chi connectivity index (χ2n) is 5.55. The molecule has 5 heteroatoms. The largest absolute Gasteiger partial charge is 0.507 e. The smallest absolute Gasteiger partial charge is 0.391 e. The van der Waals surface area contributed by atoms with E-state index in [-0.39, 0.29) is 24.6 Å². The fourth-order valence-electron chi connectivity index (χ4n) is 2.74. The summed E-state index contributed by atoms with van der Waals surface area (Å²) in [4.78, 5) is 0. The summed E-state index contributed by atoms with van der Waals surface area (Å²) in [5.41, 5.74) is 1.60. The Labute approximate surface area is 117 Å². The van der Waals surface area contributed by atoms with Crippen molar-refractivity contribution < 1.29 is 18.3 Å². The number of rotatable bonds is 3. The van der Waals surface area contributed by atoms with E-state index < -0.39 is 12.1 Å². The summed E-state index contributed by atoms with van der Waals surface area (Å²) in [6.45, 7) is 2.32. The minimum absolute atomic E-state index is 0.105. The average molecular weight is 287 g/mol. The van der Waals surface area contributed by atoms with Crippen LogP contribution in [-0.4, -0.2) is 17.3 Å². The minimum atomic E-state index is -4.06. The third-order valence-corrected chi connectivity index (χ3v) is 4.09. The first-order valence-corrected chi connectivity index (χ1v) is 6.95. The van der Waals surface area contributed by atoms with Gasteiger partial charge in [0.1, 0.15) is 5.75 Å². The molecule has 1 aromatic rings. The molecule has 0 amide bonds. The predicted molar refractivity (Wildman–Crippen MR) is 71.5 cm³/mol. The van der Waals surface area contributed by atoms with E-state index in [0.717, 1.165) is 11.1 Å². The molecular weight excluding hydrogens is 267 g/mol. The lowest BCUT2D eigenvalue weighted by Gasteiger charge is -2.30. The molecular formula is C15H20F3NO. The molecule has 112 valence electrons. The topological polar surface area (TPSA) is 32.3 Å². The lowest BCUT2D eigenvalue weighted by atomic mass is 9.85. The van der Waals surface area contributed by atoms with Crippen LogP contribution in [-0.2, 0) is 6.54 Å². The number of hydrogen-bond donors (Lipinski definition) is 2. The maximum Gasteiger partial charge on any atom is 0.391 e. The number of hydrogen-bond acceptors (Lipinski definition) is 2. The van der Waals surface area contributed by atoms with Crippen molar-refractivity contribution >= 4 is 0 Å². The summed E-state index contributed by atoms with van der Waals surface area (Å²) in [6, 6.07) is 5.63. The Morgan fingerprint density at radius 1 is 1.20 bits per heavy atom. The minimum Gasteiger partial charge on any atom is -0.507 e. The fourth-order valence-corrected chi connectivity index (χ4v) is 2.74. The van der Waals surface area contributed by atoms with Crippen LogP contribution in [0.15, 0.2) is 18.2 Å². The van der Waals surface area contributed by atoms with Gasteiger partial charge in [-0.25, -0.2) is 0 Å². The zero-order valence-electron chi connectivity index (χ0n) is 11.5. The Hall–Kier alpha value is -1.23. The number of halogens is 3. The molecule has 0 saturated heterocycles. The van der Waals surface area contributed by atoms with E-state index in [1.165, 1.54) is 0 Å². The quantitative estimate of drug-likeness (QED) is 0.883. The summed E-state index contributed by atoms with van der Waals surface area (Å²) in [5, 5.41) is 13.1. The second-order valence-corrected chi connectivity index (χ2v) is 5.55. The van der Waals surface area contributed by atoms with Gasteiger partial charge in [-0.1, -0.05) is 18.2 Å². The zero-order valence-corrected chi connectivity index (χ0v) is 11.5. The Balaban J connectivity index is 1.83. The van der Waals surface area contributed by atoms with Crippen LogP contribution >= 0.6 is 0 Å². The highest BCUT2D eigenvalue weighted by Gasteiger charge is 2.41. The van der Waals surface area contributed by atoms with Gasteiger partial charge < -0.3 is 10.4 Å². The normalized spacial score (nSPS) is 23.8. The van der Waals surface area contributed by atoms with E-state index in [4.69, 9.17) is 0 Å². The number of nitrogens with one attached hydrogen (secondary N) is 1. The van der Waals surface area contributed by atoms with Crippen LogP contribution in [0.2, 0.25) is 0 Å². The fraction of sp³-hybridized carbons (Fsp3) is 0.600.